The molecule has 8 nitrogen and oxygen atoms in total. The first-order valence-corrected chi connectivity index (χ1v) is 14.0. The Morgan fingerprint density at radius 1 is 1.03 bits per heavy atom. The van der Waals surface area contributed by atoms with E-state index in [4.69, 9.17) is 17.0 Å². The number of rotatable bonds is 7. The van der Waals surface area contributed by atoms with Crippen molar-refractivity contribution in [3.8, 4) is 11.4 Å². The van der Waals surface area contributed by atoms with Crippen LogP contribution in [0.5, 0.6) is 5.75 Å². The molecule has 0 saturated carbocycles. The molecule has 2 atom stereocenters. The summed E-state index contributed by atoms with van der Waals surface area (Å²) in [5.74, 6) is 0.389. The van der Waals surface area contributed by atoms with Crippen LogP contribution in [-0.4, -0.2) is 36.4 Å². The molecule has 0 amide bonds. The van der Waals surface area contributed by atoms with E-state index in [1.54, 1.807) is 18.3 Å². The van der Waals surface area contributed by atoms with Gasteiger partial charge in [-0.2, -0.15) is 0 Å². The Balaban J connectivity index is 1.64. The lowest BCUT2D eigenvalue weighted by Gasteiger charge is -2.29. The first kappa shape index (κ1) is 24.8. The van der Waals surface area contributed by atoms with Crippen molar-refractivity contribution >= 4 is 38.7 Å². The minimum atomic E-state index is -3.48. The molecule has 3 heterocycles. The zero-order chi connectivity index (χ0) is 26.2. The molecule has 1 aliphatic rings. The van der Waals surface area contributed by atoms with Crippen molar-refractivity contribution in [2.24, 2.45) is 0 Å². The number of anilines is 2. The van der Waals surface area contributed by atoms with Gasteiger partial charge in [-0.15, -0.1) is 0 Å². The maximum Gasteiger partial charge on any atom is 0.229 e. The van der Waals surface area contributed by atoms with Crippen LogP contribution < -0.4 is 19.7 Å². The molecule has 190 valence electrons. The number of sulfonamides is 1. The Kier molecular flexibility index (Phi) is 6.61. The molecule has 0 aliphatic carbocycles. The van der Waals surface area contributed by atoms with E-state index in [-0.39, 0.29) is 12.1 Å². The van der Waals surface area contributed by atoms with E-state index in [1.807, 2.05) is 41.4 Å². The fraction of sp³-hybridized carbons (Fsp3) is 0.185. The molecule has 37 heavy (non-hydrogen) atoms. The third-order valence-corrected chi connectivity index (χ3v) is 7.16. The second-order valence-corrected chi connectivity index (χ2v) is 11.0. The monoisotopic (exact) mass is 533 g/mol. The minimum Gasteiger partial charge on any atom is -0.494 e. The Bertz CT molecular complexity index is 1540. The van der Waals surface area contributed by atoms with Crippen LogP contribution in [0.2, 0.25) is 0 Å². The second kappa shape index (κ2) is 9.87. The highest BCUT2D eigenvalue weighted by molar-refractivity contribution is 7.92. The molecule has 10 heteroatoms. The lowest BCUT2D eigenvalue weighted by molar-refractivity contribution is 0.417. The van der Waals surface area contributed by atoms with Crippen molar-refractivity contribution in [3.63, 3.8) is 0 Å². The van der Waals surface area contributed by atoms with E-state index in [0.29, 0.717) is 16.5 Å². The summed E-state index contributed by atoms with van der Waals surface area (Å²) in [5.41, 5.74) is 5.21. The van der Waals surface area contributed by atoms with E-state index in [1.165, 1.54) is 12.7 Å². The fourth-order valence-corrected chi connectivity index (χ4v) is 5.54. The van der Waals surface area contributed by atoms with Crippen molar-refractivity contribution in [2.45, 2.75) is 19.0 Å². The van der Waals surface area contributed by atoms with Gasteiger partial charge in [0.1, 0.15) is 11.8 Å². The molecule has 0 bridgehead atoms. The van der Waals surface area contributed by atoms with Crippen LogP contribution in [0.3, 0.4) is 0 Å². The molecule has 1 aliphatic heterocycles. The van der Waals surface area contributed by atoms with Gasteiger partial charge in [-0.1, -0.05) is 23.8 Å². The Morgan fingerprint density at radius 2 is 1.78 bits per heavy atom. The largest absolute Gasteiger partial charge is 0.494 e. The predicted octanol–water partition coefficient (Wildman–Crippen LogP) is 4.74. The molecule has 2 aromatic heterocycles. The van der Waals surface area contributed by atoms with Crippen LogP contribution >= 0.6 is 12.2 Å². The number of hydrogen-bond acceptors (Lipinski definition) is 5. The summed E-state index contributed by atoms with van der Waals surface area (Å²) in [4.78, 5) is 6.66. The maximum absolute atomic E-state index is 11.8. The molecule has 1 saturated heterocycles. The molecule has 4 aromatic rings. The number of nitrogens with zero attached hydrogens (tertiary/aromatic N) is 3. The Hall–Kier alpha value is -3.89. The number of pyridine rings is 1. The maximum atomic E-state index is 11.8. The number of thiocarbonyl (C=S) groups is 1. The van der Waals surface area contributed by atoms with Gasteiger partial charge in [0, 0.05) is 35.5 Å². The fourth-order valence-electron chi connectivity index (χ4n) is 4.62. The lowest BCUT2D eigenvalue weighted by Crippen LogP contribution is -2.30. The molecule has 0 spiro atoms. The van der Waals surface area contributed by atoms with Crippen LogP contribution in [0.4, 0.5) is 11.4 Å². The SMILES string of the molecule is COc1cc(N2C(=S)N[C@H](c3ccccn3)[C@@H]2c2cccn2-c2ccc(C)cc2)ccc1NS(C)(=O)=O. The van der Waals surface area contributed by atoms with Crippen molar-refractivity contribution in [1.82, 2.24) is 14.9 Å². The summed E-state index contributed by atoms with van der Waals surface area (Å²) in [6.07, 6.45) is 4.91. The van der Waals surface area contributed by atoms with E-state index >= 15 is 0 Å². The summed E-state index contributed by atoms with van der Waals surface area (Å²) in [6.45, 7) is 2.06. The molecule has 2 N–H and O–H groups in total. The highest BCUT2D eigenvalue weighted by Gasteiger charge is 2.42. The summed E-state index contributed by atoms with van der Waals surface area (Å²) >= 11 is 5.85. The average molecular weight is 534 g/mol. The van der Waals surface area contributed by atoms with Gasteiger partial charge in [0.05, 0.1) is 30.8 Å². The van der Waals surface area contributed by atoms with Gasteiger partial charge in [-0.25, -0.2) is 8.42 Å². The molecule has 2 aromatic carbocycles. The highest BCUT2D eigenvalue weighted by Crippen LogP contribution is 2.44. The van der Waals surface area contributed by atoms with Crippen molar-refractivity contribution < 1.29 is 13.2 Å². The zero-order valence-electron chi connectivity index (χ0n) is 20.6. The van der Waals surface area contributed by atoms with Gasteiger partial charge in [0.25, 0.3) is 0 Å². The number of benzene rings is 2. The van der Waals surface area contributed by atoms with Crippen molar-refractivity contribution in [1.29, 1.82) is 0 Å². The first-order valence-electron chi connectivity index (χ1n) is 11.7. The molecule has 0 radical (unpaired) electrons. The third kappa shape index (κ3) is 5.03. The first-order chi connectivity index (χ1) is 17.7. The molecule has 0 unspecified atom stereocenters. The zero-order valence-corrected chi connectivity index (χ0v) is 22.3. The van der Waals surface area contributed by atoms with Gasteiger partial charge in [0.2, 0.25) is 10.0 Å². The summed E-state index contributed by atoms with van der Waals surface area (Å²) in [6, 6.07) is 23.1. The number of nitrogens with one attached hydrogen (secondary N) is 2. The van der Waals surface area contributed by atoms with Gasteiger partial charge in [0.15, 0.2) is 5.11 Å². The van der Waals surface area contributed by atoms with Crippen LogP contribution in [0.1, 0.15) is 29.0 Å². The summed E-state index contributed by atoms with van der Waals surface area (Å²) < 4.78 is 33.9. The number of aryl methyl sites for hydroxylation is 1. The number of hydrogen-bond donors (Lipinski definition) is 2. The van der Waals surface area contributed by atoms with Gasteiger partial charge >= 0.3 is 0 Å². The number of ether oxygens (including phenoxy) is 1. The molecule has 5 rings (SSSR count). The molecule has 1 fully saturated rings. The van der Waals surface area contributed by atoms with Gasteiger partial charge in [-0.05, 0) is 67.7 Å². The third-order valence-electron chi connectivity index (χ3n) is 6.25. The minimum absolute atomic E-state index is 0.229. The Morgan fingerprint density at radius 3 is 2.46 bits per heavy atom. The van der Waals surface area contributed by atoms with Crippen LogP contribution in [0.15, 0.2) is 85.2 Å². The topological polar surface area (TPSA) is 88.5 Å². The van der Waals surface area contributed by atoms with Crippen molar-refractivity contribution in [3.05, 3.63) is 102 Å². The average Bonchev–Trinajstić information content (AvgIpc) is 3.49. The van der Waals surface area contributed by atoms with E-state index < -0.39 is 10.0 Å². The smallest absolute Gasteiger partial charge is 0.229 e. The quantitative estimate of drug-likeness (QED) is 0.332. The second-order valence-electron chi connectivity index (χ2n) is 8.89. The lowest BCUT2D eigenvalue weighted by atomic mass is 10.0. The molecular formula is C27H27N5O3S2. The van der Waals surface area contributed by atoms with Gasteiger partial charge < -0.3 is 19.5 Å². The van der Waals surface area contributed by atoms with E-state index in [9.17, 15) is 8.42 Å². The number of aromatic nitrogens is 2. The predicted molar refractivity (Wildman–Crippen MR) is 150 cm³/mol. The highest BCUT2D eigenvalue weighted by atomic mass is 32.2. The van der Waals surface area contributed by atoms with Crippen LogP contribution in [0.25, 0.3) is 5.69 Å². The van der Waals surface area contributed by atoms with Gasteiger partial charge in [-0.3, -0.25) is 9.71 Å². The normalized spacial score (nSPS) is 17.5. The van der Waals surface area contributed by atoms with E-state index in [0.717, 1.165) is 29.0 Å². The number of methoxy groups -OCH3 is 1. The van der Waals surface area contributed by atoms with Crippen molar-refractivity contribution in [2.75, 3.05) is 23.0 Å². The summed E-state index contributed by atoms with van der Waals surface area (Å²) in [7, 11) is -1.97. The van der Waals surface area contributed by atoms with Crippen LogP contribution in [0, 0.1) is 6.92 Å². The summed E-state index contributed by atoms with van der Waals surface area (Å²) in [5, 5.41) is 4.00. The molecular weight excluding hydrogens is 506 g/mol. The Labute approximate surface area is 222 Å². The van der Waals surface area contributed by atoms with E-state index in [2.05, 4.69) is 56.8 Å². The standard InChI is InChI=1S/C27H27N5O3S2/c1-18-9-11-19(12-10-18)31-16-6-8-23(31)26-25(22-7-4-5-15-28-22)29-27(36)32(26)20-13-14-21(24(17-20)35-2)30-37(3,33)34/h4-17,25-26,30H,1-3H3,(H,29,36)/t25-,26+/m1/s1. The van der Waals surface area contributed by atoms with Crippen LogP contribution in [-0.2, 0) is 10.0 Å².